The van der Waals surface area contributed by atoms with Crippen molar-refractivity contribution in [2.45, 2.75) is 19.1 Å². The summed E-state index contributed by atoms with van der Waals surface area (Å²) in [7, 11) is 0. The zero-order chi connectivity index (χ0) is 13.2. The highest BCUT2D eigenvalue weighted by atomic mass is 16.3. The monoisotopic (exact) mass is 257 g/mol. The largest absolute Gasteiger partial charge is 0.391 e. The first kappa shape index (κ1) is 11.9. The van der Waals surface area contributed by atoms with Crippen molar-refractivity contribution >= 4 is 5.91 Å². The Morgan fingerprint density at radius 3 is 2.84 bits per heavy atom. The van der Waals surface area contributed by atoms with Crippen LogP contribution in [0.1, 0.15) is 12.0 Å². The summed E-state index contributed by atoms with van der Waals surface area (Å²) >= 11 is 0. The van der Waals surface area contributed by atoms with Crippen molar-refractivity contribution in [3.63, 3.8) is 0 Å². The summed E-state index contributed by atoms with van der Waals surface area (Å²) in [4.78, 5) is 13.4. The number of hydrogen-bond acceptors (Lipinski definition) is 3. The Morgan fingerprint density at radius 1 is 1.32 bits per heavy atom. The van der Waals surface area contributed by atoms with Crippen LogP contribution in [0, 0.1) is 0 Å². The number of hydrogen-bond donors (Lipinski definition) is 1. The van der Waals surface area contributed by atoms with Crippen LogP contribution >= 0.6 is 0 Å². The van der Waals surface area contributed by atoms with Gasteiger partial charge < -0.3 is 10.0 Å². The normalized spacial score (nSPS) is 19.1. The van der Waals surface area contributed by atoms with Gasteiger partial charge in [-0.2, -0.15) is 5.10 Å². The molecule has 1 N–H and O–H groups in total. The zero-order valence-corrected chi connectivity index (χ0v) is 10.4. The minimum Gasteiger partial charge on any atom is -0.391 e. The molecule has 0 bridgehead atoms. The lowest BCUT2D eigenvalue weighted by Gasteiger charge is -2.18. The molecule has 1 aliphatic rings. The van der Waals surface area contributed by atoms with E-state index in [0.717, 1.165) is 11.3 Å². The predicted molar refractivity (Wildman–Crippen MR) is 69.6 cm³/mol. The van der Waals surface area contributed by atoms with Gasteiger partial charge in [-0.25, -0.2) is 4.68 Å². The van der Waals surface area contributed by atoms with E-state index in [-0.39, 0.29) is 12.3 Å². The van der Waals surface area contributed by atoms with E-state index in [2.05, 4.69) is 5.10 Å². The Bertz CT molecular complexity index is 580. The Labute approximate surface area is 111 Å². The summed E-state index contributed by atoms with van der Waals surface area (Å²) in [5, 5.41) is 13.7. The molecular weight excluding hydrogens is 242 g/mol. The number of carbonyl (C=O) groups excluding carboxylic acids is 1. The molecule has 1 saturated heterocycles. The van der Waals surface area contributed by atoms with Crippen molar-refractivity contribution in [2.75, 3.05) is 6.54 Å². The van der Waals surface area contributed by atoms with Crippen molar-refractivity contribution < 1.29 is 9.90 Å². The maximum Gasteiger partial charge on any atom is 0.225 e. The van der Waals surface area contributed by atoms with Crippen molar-refractivity contribution in [3.8, 4) is 5.69 Å². The van der Waals surface area contributed by atoms with Gasteiger partial charge in [0, 0.05) is 25.5 Å². The van der Waals surface area contributed by atoms with E-state index in [4.69, 9.17) is 0 Å². The summed E-state index contributed by atoms with van der Waals surface area (Å²) in [5.41, 5.74) is 1.98. The lowest BCUT2D eigenvalue weighted by atomic mass is 10.1. The van der Waals surface area contributed by atoms with E-state index in [1.807, 2.05) is 36.5 Å². The Kier molecular flexibility index (Phi) is 3.05. The summed E-state index contributed by atoms with van der Waals surface area (Å²) in [6, 6.07) is 9.70. The Morgan fingerprint density at radius 2 is 2.16 bits per heavy atom. The number of amides is 1. The molecule has 1 atom stereocenters. The number of β-amino-alcohol motifs (C(OH)–C–C–N with tert-alkyl or cyclic N) is 1. The quantitative estimate of drug-likeness (QED) is 0.891. The molecule has 0 saturated carbocycles. The smallest absolute Gasteiger partial charge is 0.225 e. The second-order valence-electron chi connectivity index (χ2n) is 4.71. The van der Waals surface area contributed by atoms with E-state index < -0.39 is 6.10 Å². The topological polar surface area (TPSA) is 58.4 Å². The van der Waals surface area contributed by atoms with Gasteiger partial charge in [-0.1, -0.05) is 18.2 Å². The number of benzene rings is 1. The number of aliphatic hydroxyl groups is 1. The highest BCUT2D eigenvalue weighted by Crippen LogP contribution is 2.19. The van der Waals surface area contributed by atoms with Gasteiger partial charge in [0.25, 0.3) is 0 Å². The minimum absolute atomic E-state index is 0.00256. The molecule has 5 nitrogen and oxygen atoms in total. The van der Waals surface area contributed by atoms with E-state index in [1.54, 1.807) is 15.8 Å². The standard InChI is InChI=1S/C14H15N3O2/c18-12-8-14(19)16(10-12)9-11-4-1-2-5-13(11)17-7-3-6-15-17/h1-7,12,18H,8-10H2. The van der Waals surface area contributed by atoms with Crippen LogP contribution in [-0.4, -0.2) is 38.3 Å². The minimum atomic E-state index is -0.538. The van der Waals surface area contributed by atoms with E-state index >= 15 is 0 Å². The van der Waals surface area contributed by atoms with Gasteiger partial charge in [-0.05, 0) is 17.7 Å². The van der Waals surface area contributed by atoms with Gasteiger partial charge in [0.15, 0.2) is 0 Å². The fourth-order valence-electron chi connectivity index (χ4n) is 2.39. The number of aliphatic hydroxyl groups excluding tert-OH is 1. The summed E-state index contributed by atoms with van der Waals surface area (Å²) in [5.74, 6) is 0.00256. The molecule has 1 aromatic heterocycles. The Hall–Kier alpha value is -2.14. The second kappa shape index (κ2) is 4.85. The third-order valence-electron chi connectivity index (χ3n) is 3.30. The lowest BCUT2D eigenvalue weighted by Crippen LogP contribution is -2.25. The molecular formula is C14H15N3O2. The lowest BCUT2D eigenvalue weighted by molar-refractivity contribution is -0.128. The zero-order valence-electron chi connectivity index (χ0n) is 10.4. The second-order valence-corrected chi connectivity index (χ2v) is 4.71. The van der Waals surface area contributed by atoms with Crippen molar-refractivity contribution in [3.05, 3.63) is 48.3 Å². The molecule has 2 heterocycles. The Balaban J connectivity index is 1.87. The highest BCUT2D eigenvalue weighted by molar-refractivity contribution is 5.79. The number of para-hydroxylation sites is 1. The van der Waals surface area contributed by atoms with E-state index in [9.17, 15) is 9.90 Å². The van der Waals surface area contributed by atoms with Crippen LogP contribution in [-0.2, 0) is 11.3 Å². The summed E-state index contributed by atoms with van der Waals surface area (Å²) in [6.07, 6.45) is 3.29. The fourth-order valence-corrected chi connectivity index (χ4v) is 2.39. The number of nitrogens with zero attached hydrogens (tertiary/aromatic N) is 3. The first-order valence-electron chi connectivity index (χ1n) is 6.28. The highest BCUT2D eigenvalue weighted by Gasteiger charge is 2.28. The predicted octanol–water partition coefficient (Wildman–Crippen LogP) is 0.966. The van der Waals surface area contributed by atoms with Crippen LogP contribution in [0.15, 0.2) is 42.7 Å². The van der Waals surface area contributed by atoms with Crippen molar-refractivity contribution in [1.82, 2.24) is 14.7 Å². The maximum absolute atomic E-state index is 11.7. The molecule has 5 heteroatoms. The fraction of sp³-hybridized carbons (Fsp3) is 0.286. The van der Waals surface area contributed by atoms with Crippen molar-refractivity contribution in [1.29, 1.82) is 0 Å². The van der Waals surface area contributed by atoms with Crippen LogP contribution in [0.2, 0.25) is 0 Å². The number of carbonyl (C=O) groups is 1. The van der Waals surface area contributed by atoms with Crippen LogP contribution in [0.25, 0.3) is 5.69 Å². The maximum atomic E-state index is 11.7. The van der Waals surface area contributed by atoms with Gasteiger partial charge in [-0.15, -0.1) is 0 Å². The van der Waals surface area contributed by atoms with Crippen molar-refractivity contribution in [2.24, 2.45) is 0 Å². The summed E-state index contributed by atoms with van der Waals surface area (Å²) in [6.45, 7) is 0.915. The van der Waals surface area contributed by atoms with E-state index in [1.165, 1.54) is 0 Å². The molecule has 1 amide bonds. The molecule has 2 aromatic rings. The van der Waals surface area contributed by atoms with Gasteiger partial charge in [0.1, 0.15) is 0 Å². The van der Waals surface area contributed by atoms with E-state index in [0.29, 0.717) is 13.1 Å². The third kappa shape index (κ3) is 2.37. The number of rotatable bonds is 3. The van der Waals surface area contributed by atoms with Gasteiger partial charge >= 0.3 is 0 Å². The van der Waals surface area contributed by atoms with Gasteiger partial charge in [0.05, 0.1) is 18.2 Å². The first-order chi connectivity index (χ1) is 9.24. The average molecular weight is 257 g/mol. The molecule has 0 spiro atoms. The van der Waals surface area contributed by atoms with Gasteiger partial charge in [0.2, 0.25) is 5.91 Å². The van der Waals surface area contributed by atoms with Gasteiger partial charge in [-0.3, -0.25) is 4.79 Å². The molecule has 1 aliphatic heterocycles. The molecule has 19 heavy (non-hydrogen) atoms. The van der Waals surface area contributed by atoms with Crippen LogP contribution in [0.5, 0.6) is 0 Å². The number of aromatic nitrogens is 2. The number of likely N-dealkylation sites (tertiary alicyclic amines) is 1. The van der Waals surface area contributed by atoms with Crippen LogP contribution < -0.4 is 0 Å². The molecule has 1 fully saturated rings. The molecule has 98 valence electrons. The molecule has 0 aliphatic carbocycles. The molecule has 1 unspecified atom stereocenters. The third-order valence-corrected chi connectivity index (χ3v) is 3.30. The first-order valence-corrected chi connectivity index (χ1v) is 6.28. The van der Waals surface area contributed by atoms with Crippen LogP contribution in [0.4, 0.5) is 0 Å². The molecule has 3 rings (SSSR count). The summed E-state index contributed by atoms with van der Waals surface area (Å²) < 4.78 is 1.78. The molecule has 0 radical (unpaired) electrons. The average Bonchev–Trinajstić information content (AvgIpc) is 3.01. The SMILES string of the molecule is O=C1CC(O)CN1Cc1ccccc1-n1cccn1. The molecule has 1 aromatic carbocycles. The van der Waals surface area contributed by atoms with Crippen LogP contribution in [0.3, 0.4) is 0 Å².